The van der Waals surface area contributed by atoms with Gasteiger partial charge in [0.25, 0.3) is 10.2 Å². The summed E-state index contributed by atoms with van der Waals surface area (Å²) in [6.07, 6.45) is 1.12. The smallest absolute Gasteiger partial charge is 0.358 e. The van der Waals surface area contributed by atoms with Gasteiger partial charge in [0.05, 0.1) is 23.5 Å². The van der Waals surface area contributed by atoms with E-state index in [0.717, 1.165) is 27.0 Å². The minimum atomic E-state index is -3.55. The molecule has 0 amide bonds. The second kappa shape index (κ2) is 8.23. The van der Waals surface area contributed by atoms with E-state index in [2.05, 4.69) is 14.3 Å². The van der Waals surface area contributed by atoms with Crippen LogP contribution in [0.4, 0.5) is 5.69 Å². The number of fused-ring (bicyclic) bond motifs is 3. The molecule has 0 saturated carbocycles. The van der Waals surface area contributed by atoms with Gasteiger partial charge in [0.2, 0.25) is 0 Å². The van der Waals surface area contributed by atoms with Crippen molar-refractivity contribution in [2.75, 3.05) is 26.4 Å². The minimum Gasteiger partial charge on any atom is -0.461 e. The van der Waals surface area contributed by atoms with E-state index in [0.29, 0.717) is 30.8 Å². The molecule has 31 heavy (non-hydrogen) atoms. The number of aromatic nitrogens is 2. The number of esters is 1. The van der Waals surface area contributed by atoms with Gasteiger partial charge in [-0.2, -0.15) is 17.4 Å². The molecule has 3 aromatic rings. The molecule has 1 aliphatic carbocycles. The molecule has 11 heteroatoms. The van der Waals surface area contributed by atoms with Gasteiger partial charge in [-0.1, -0.05) is 0 Å². The van der Waals surface area contributed by atoms with Crippen molar-refractivity contribution >= 4 is 44.1 Å². The number of nitrogens with zero attached hydrogens (tertiary/aromatic N) is 3. The topological polar surface area (TPSA) is 120 Å². The minimum absolute atomic E-state index is 0.250. The van der Waals surface area contributed by atoms with Gasteiger partial charge in [0.1, 0.15) is 0 Å². The van der Waals surface area contributed by atoms with Crippen LogP contribution in [0, 0.1) is 0 Å². The van der Waals surface area contributed by atoms with Crippen molar-refractivity contribution in [2.45, 2.75) is 32.4 Å². The Morgan fingerprint density at radius 2 is 2.16 bits per heavy atom. The van der Waals surface area contributed by atoms with Crippen LogP contribution < -0.4 is 10.5 Å². The molecule has 4 rings (SSSR count). The molecule has 2 aromatic heterocycles. The number of carbonyl (C=O) groups is 1. The second-order valence-corrected chi connectivity index (χ2v) is 10.5. The Labute approximate surface area is 185 Å². The van der Waals surface area contributed by atoms with Crippen LogP contribution >= 0.6 is 11.3 Å². The Morgan fingerprint density at radius 3 is 2.87 bits per heavy atom. The Kier molecular flexibility index (Phi) is 5.77. The van der Waals surface area contributed by atoms with Gasteiger partial charge >= 0.3 is 5.97 Å². The summed E-state index contributed by atoms with van der Waals surface area (Å²) < 4.78 is 35.9. The highest BCUT2D eigenvalue weighted by molar-refractivity contribution is 7.87. The van der Waals surface area contributed by atoms with Gasteiger partial charge in [-0.3, -0.25) is 0 Å². The number of benzene rings is 1. The van der Waals surface area contributed by atoms with Gasteiger partial charge in [0.15, 0.2) is 5.69 Å². The largest absolute Gasteiger partial charge is 0.461 e. The normalized spacial score (nSPS) is 16.2. The van der Waals surface area contributed by atoms with E-state index in [9.17, 15) is 13.2 Å². The van der Waals surface area contributed by atoms with E-state index in [4.69, 9.17) is 10.5 Å². The molecular formula is C20H25N5O4S2. The lowest BCUT2D eigenvalue weighted by Crippen LogP contribution is -2.42. The molecule has 0 aliphatic heterocycles. The summed E-state index contributed by atoms with van der Waals surface area (Å²) in [7, 11) is -0.543. The van der Waals surface area contributed by atoms with Crippen molar-refractivity contribution in [3.63, 3.8) is 0 Å². The van der Waals surface area contributed by atoms with Gasteiger partial charge in [-0.05, 0) is 37.1 Å². The maximum absolute atomic E-state index is 12.3. The third kappa shape index (κ3) is 4.05. The van der Waals surface area contributed by atoms with Crippen LogP contribution in [0.5, 0.6) is 0 Å². The highest BCUT2D eigenvalue weighted by atomic mass is 32.2. The molecule has 0 fully saturated rings. The number of thiazole rings is 1. The van der Waals surface area contributed by atoms with Crippen molar-refractivity contribution in [3.8, 4) is 0 Å². The number of ether oxygens (including phenoxy) is 1. The first-order valence-electron chi connectivity index (χ1n) is 9.90. The molecule has 0 bridgehead atoms. The number of carbonyl (C=O) groups excluding carboxylic acids is 1. The summed E-state index contributed by atoms with van der Waals surface area (Å²) in [4.78, 5) is 17.3. The lowest BCUT2D eigenvalue weighted by molar-refractivity contribution is 0.0519. The summed E-state index contributed by atoms with van der Waals surface area (Å²) in [5, 5.41) is 1.00. The lowest BCUT2D eigenvalue weighted by Gasteiger charge is -2.18. The standard InChI is InChI=1S/C20H25N5O4S2/c1-4-29-20(26)19-18(30-11-22-19)10-25-16-6-5-12(21)7-14(16)15-8-13(9-17(15)25)23-31(27,28)24(2)3/h5-7,11,13,23H,4,8-10,21H2,1-3H3/t13-/m1/s1. The molecule has 1 atom stereocenters. The molecule has 166 valence electrons. The lowest BCUT2D eigenvalue weighted by atomic mass is 10.1. The fourth-order valence-electron chi connectivity index (χ4n) is 3.98. The van der Waals surface area contributed by atoms with E-state index in [1.165, 1.54) is 29.7 Å². The molecule has 1 aromatic carbocycles. The Morgan fingerprint density at radius 1 is 1.39 bits per heavy atom. The van der Waals surface area contributed by atoms with Crippen LogP contribution in [-0.4, -0.2) is 55.0 Å². The van der Waals surface area contributed by atoms with E-state index in [-0.39, 0.29) is 12.6 Å². The van der Waals surface area contributed by atoms with Gasteiger partial charge in [-0.25, -0.2) is 9.78 Å². The molecular weight excluding hydrogens is 438 g/mol. The first-order chi connectivity index (χ1) is 14.7. The summed E-state index contributed by atoms with van der Waals surface area (Å²) in [5.74, 6) is -0.437. The zero-order chi connectivity index (χ0) is 22.3. The third-order valence-electron chi connectivity index (χ3n) is 5.41. The molecule has 0 radical (unpaired) electrons. The Bertz CT molecular complexity index is 1250. The fraction of sp³-hybridized carbons (Fsp3) is 0.400. The second-order valence-electron chi connectivity index (χ2n) is 7.64. The highest BCUT2D eigenvalue weighted by Crippen LogP contribution is 2.36. The Balaban J connectivity index is 1.73. The number of hydrogen-bond donors (Lipinski definition) is 2. The van der Waals surface area contributed by atoms with Crippen molar-refractivity contribution in [1.82, 2.24) is 18.6 Å². The van der Waals surface area contributed by atoms with Gasteiger partial charge < -0.3 is 15.0 Å². The number of nitrogen functional groups attached to an aromatic ring is 1. The monoisotopic (exact) mass is 463 g/mol. The summed E-state index contributed by atoms with van der Waals surface area (Å²) >= 11 is 1.40. The maximum Gasteiger partial charge on any atom is 0.358 e. The average Bonchev–Trinajstić information content (AvgIpc) is 3.38. The van der Waals surface area contributed by atoms with E-state index < -0.39 is 16.2 Å². The first kappa shape index (κ1) is 21.8. The zero-order valence-electron chi connectivity index (χ0n) is 17.6. The molecule has 9 nitrogen and oxygen atoms in total. The third-order valence-corrected chi connectivity index (χ3v) is 7.82. The number of rotatable bonds is 7. The number of nitrogens with one attached hydrogen (secondary N) is 1. The number of hydrogen-bond acceptors (Lipinski definition) is 7. The predicted molar refractivity (Wildman–Crippen MR) is 120 cm³/mol. The molecule has 0 saturated heterocycles. The zero-order valence-corrected chi connectivity index (χ0v) is 19.2. The van der Waals surface area contributed by atoms with Gasteiger partial charge in [0, 0.05) is 48.8 Å². The predicted octanol–water partition coefficient (Wildman–Crippen LogP) is 1.77. The average molecular weight is 464 g/mol. The summed E-state index contributed by atoms with van der Waals surface area (Å²) in [5.41, 5.74) is 11.8. The van der Waals surface area contributed by atoms with E-state index >= 15 is 0 Å². The number of nitrogens with two attached hydrogens (primary N) is 1. The van der Waals surface area contributed by atoms with Crippen molar-refractivity contribution in [1.29, 1.82) is 0 Å². The van der Waals surface area contributed by atoms with Crippen LogP contribution in [0.25, 0.3) is 10.9 Å². The molecule has 0 unspecified atom stereocenters. The van der Waals surface area contributed by atoms with E-state index in [1.54, 1.807) is 12.4 Å². The van der Waals surface area contributed by atoms with Gasteiger partial charge in [-0.15, -0.1) is 11.3 Å². The van der Waals surface area contributed by atoms with Crippen molar-refractivity contribution < 1.29 is 17.9 Å². The summed E-state index contributed by atoms with van der Waals surface area (Å²) in [6.45, 7) is 2.49. The van der Waals surface area contributed by atoms with Crippen LogP contribution in [0.15, 0.2) is 23.7 Å². The van der Waals surface area contributed by atoms with Crippen LogP contribution in [-0.2, 0) is 34.3 Å². The SMILES string of the molecule is CCOC(=O)c1ncsc1Cn1c2c(c3cc(N)ccc31)C[C@@H](NS(=O)(=O)N(C)C)C2. The van der Waals surface area contributed by atoms with Crippen LogP contribution in [0.1, 0.15) is 33.5 Å². The molecule has 2 heterocycles. The van der Waals surface area contributed by atoms with Crippen molar-refractivity contribution in [2.24, 2.45) is 0 Å². The maximum atomic E-state index is 12.3. The molecule has 1 aliphatic rings. The highest BCUT2D eigenvalue weighted by Gasteiger charge is 2.32. The summed E-state index contributed by atoms with van der Waals surface area (Å²) in [6, 6.07) is 5.49. The molecule has 0 spiro atoms. The number of anilines is 1. The Hall–Kier alpha value is -2.47. The first-order valence-corrected chi connectivity index (χ1v) is 12.2. The molecule has 3 N–H and O–H groups in total. The quantitative estimate of drug-likeness (QED) is 0.407. The van der Waals surface area contributed by atoms with Crippen molar-refractivity contribution in [3.05, 3.63) is 45.5 Å². The fourth-order valence-corrected chi connectivity index (χ4v) is 5.52. The van der Waals surface area contributed by atoms with E-state index in [1.807, 2.05) is 18.2 Å². The van der Waals surface area contributed by atoms with Crippen LogP contribution in [0.3, 0.4) is 0 Å². The van der Waals surface area contributed by atoms with Crippen LogP contribution in [0.2, 0.25) is 0 Å².